The lowest BCUT2D eigenvalue weighted by atomic mass is 10.1. The summed E-state index contributed by atoms with van der Waals surface area (Å²) in [4.78, 5) is 25.0. The van der Waals surface area contributed by atoms with E-state index in [4.69, 9.17) is 23.4 Å². The Balaban J connectivity index is 1.78. The second kappa shape index (κ2) is 8.58. The lowest BCUT2D eigenvalue weighted by Gasteiger charge is -2.10. The summed E-state index contributed by atoms with van der Waals surface area (Å²) in [6, 6.07) is 12.0. The molecule has 0 fully saturated rings. The molecule has 146 valence electrons. The third-order valence-corrected chi connectivity index (χ3v) is 4.22. The van der Waals surface area contributed by atoms with Crippen LogP contribution in [0.2, 0.25) is 0 Å². The normalized spacial score (nSPS) is 10.7. The molecule has 0 spiro atoms. The molecule has 0 N–H and O–H groups in total. The Morgan fingerprint density at radius 2 is 1.79 bits per heavy atom. The first-order valence-electron chi connectivity index (χ1n) is 8.50. The second-order valence-corrected chi connectivity index (χ2v) is 5.90. The number of carbonyl (C=O) groups excluding carboxylic acids is 2. The van der Waals surface area contributed by atoms with Crippen molar-refractivity contribution in [3.63, 3.8) is 0 Å². The van der Waals surface area contributed by atoms with Gasteiger partial charge in [0.15, 0.2) is 6.61 Å². The Hall–Kier alpha value is -3.32. The van der Waals surface area contributed by atoms with Crippen LogP contribution in [0.15, 0.2) is 46.9 Å². The summed E-state index contributed by atoms with van der Waals surface area (Å²) in [6.07, 6.45) is 0. The first-order chi connectivity index (χ1) is 13.6. The predicted molar refractivity (Wildman–Crippen MR) is 101 cm³/mol. The number of ketones is 1. The third-order valence-electron chi connectivity index (χ3n) is 4.22. The van der Waals surface area contributed by atoms with Crippen LogP contribution in [-0.4, -0.2) is 39.7 Å². The van der Waals surface area contributed by atoms with Gasteiger partial charge in [0.25, 0.3) is 0 Å². The number of para-hydroxylation sites is 1. The van der Waals surface area contributed by atoms with Crippen LogP contribution < -0.4 is 9.47 Å². The van der Waals surface area contributed by atoms with Crippen molar-refractivity contribution < 1.29 is 33.0 Å². The summed E-state index contributed by atoms with van der Waals surface area (Å²) >= 11 is 0. The zero-order valence-electron chi connectivity index (χ0n) is 15.8. The van der Waals surface area contributed by atoms with E-state index >= 15 is 0 Å². The van der Waals surface area contributed by atoms with Crippen molar-refractivity contribution in [2.45, 2.75) is 6.61 Å². The molecule has 0 unspecified atom stereocenters. The predicted octanol–water partition coefficient (Wildman–Crippen LogP) is 3.64. The molecule has 1 heterocycles. The van der Waals surface area contributed by atoms with Gasteiger partial charge in [-0.05, 0) is 18.2 Å². The van der Waals surface area contributed by atoms with Crippen LogP contribution in [0.5, 0.6) is 11.5 Å². The van der Waals surface area contributed by atoms with E-state index in [-0.39, 0.29) is 17.9 Å². The molecule has 3 rings (SSSR count). The highest BCUT2D eigenvalue weighted by Crippen LogP contribution is 2.28. The number of benzene rings is 2. The Labute approximate surface area is 161 Å². The highest BCUT2D eigenvalue weighted by atomic mass is 16.5. The van der Waals surface area contributed by atoms with E-state index in [9.17, 15) is 9.59 Å². The standard InChI is InChI=1S/C21H20O7/c1-24-11-16-14-6-4-5-7-18(14)28-20(16)21(23)27-12-17(22)15-9-8-13(25-2)10-19(15)26-3/h4-10H,11-12H2,1-3H3. The molecule has 0 saturated heterocycles. The maximum absolute atomic E-state index is 12.5. The molecule has 0 aliphatic carbocycles. The molecule has 7 heteroatoms. The number of hydrogen-bond donors (Lipinski definition) is 0. The van der Waals surface area contributed by atoms with Crippen molar-refractivity contribution >= 4 is 22.7 Å². The van der Waals surface area contributed by atoms with E-state index in [1.54, 1.807) is 30.3 Å². The molecular weight excluding hydrogens is 364 g/mol. The minimum atomic E-state index is -0.732. The maximum Gasteiger partial charge on any atom is 0.375 e. The number of rotatable bonds is 8. The van der Waals surface area contributed by atoms with Gasteiger partial charge in [0.2, 0.25) is 11.5 Å². The van der Waals surface area contributed by atoms with E-state index in [2.05, 4.69) is 0 Å². The number of furan rings is 1. The largest absolute Gasteiger partial charge is 0.497 e. The molecule has 0 bridgehead atoms. The topological polar surface area (TPSA) is 84.2 Å². The minimum Gasteiger partial charge on any atom is -0.497 e. The maximum atomic E-state index is 12.5. The third kappa shape index (κ3) is 3.84. The fourth-order valence-electron chi connectivity index (χ4n) is 2.85. The van der Waals surface area contributed by atoms with Crippen LogP contribution in [0.25, 0.3) is 11.0 Å². The molecule has 0 radical (unpaired) electrons. The summed E-state index contributed by atoms with van der Waals surface area (Å²) in [5.74, 6) is -0.222. The number of fused-ring (bicyclic) bond motifs is 1. The Morgan fingerprint density at radius 3 is 2.50 bits per heavy atom. The highest BCUT2D eigenvalue weighted by molar-refractivity contribution is 6.02. The van der Waals surface area contributed by atoms with Crippen molar-refractivity contribution in [1.29, 1.82) is 0 Å². The Bertz CT molecular complexity index is 1000. The van der Waals surface area contributed by atoms with Gasteiger partial charge in [0, 0.05) is 24.1 Å². The van der Waals surface area contributed by atoms with Crippen molar-refractivity contribution in [2.75, 3.05) is 27.9 Å². The number of esters is 1. The van der Waals surface area contributed by atoms with Crippen LogP contribution in [0, 0.1) is 0 Å². The molecule has 0 saturated carbocycles. The number of ether oxygens (including phenoxy) is 4. The molecule has 0 aliphatic heterocycles. The van der Waals surface area contributed by atoms with E-state index < -0.39 is 18.4 Å². The van der Waals surface area contributed by atoms with Gasteiger partial charge in [-0.25, -0.2) is 4.79 Å². The van der Waals surface area contributed by atoms with Crippen molar-refractivity contribution in [1.82, 2.24) is 0 Å². The second-order valence-electron chi connectivity index (χ2n) is 5.90. The fourth-order valence-corrected chi connectivity index (χ4v) is 2.85. The lowest BCUT2D eigenvalue weighted by molar-refractivity contribution is 0.0440. The number of carbonyl (C=O) groups is 2. The molecule has 28 heavy (non-hydrogen) atoms. The highest BCUT2D eigenvalue weighted by Gasteiger charge is 2.23. The van der Waals surface area contributed by atoms with Gasteiger partial charge < -0.3 is 23.4 Å². The monoisotopic (exact) mass is 384 g/mol. The van der Waals surface area contributed by atoms with Gasteiger partial charge in [0.05, 0.1) is 26.4 Å². The van der Waals surface area contributed by atoms with Gasteiger partial charge in [-0.3, -0.25) is 4.79 Å². The summed E-state index contributed by atoms with van der Waals surface area (Å²) in [5.41, 5.74) is 1.42. The molecule has 0 aliphatic rings. The summed E-state index contributed by atoms with van der Waals surface area (Å²) in [7, 11) is 4.49. The van der Waals surface area contributed by atoms with Crippen molar-refractivity contribution in [3.05, 3.63) is 59.4 Å². The first-order valence-corrected chi connectivity index (χ1v) is 8.50. The number of methoxy groups -OCH3 is 3. The molecule has 1 aromatic heterocycles. The van der Waals surface area contributed by atoms with Gasteiger partial charge in [-0.1, -0.05) is 18.2 Å². The van der Waals surface area contributed by atoms with Gasteiger partial charge in [-0.15, -0.1) is 0 Å². The molecule has 0 atom stereocenters. The fraction of sp³-hybridized carbons (Fsp3) is 0.238. The average Bonchev–Trinajstić information content (AvgIpc) is 3.10. The Morgan fingerprint density at radius 1 is 1.00 bits per heavy atom. The molecule has 0 amide bonds. The molecular formula is C21H20O7. The van der Waals surface area contributed by atoms with Gasteiger partial charge in [0.1, 0.15) is 17.1 Å². The summed E-state index contributed by atoms with van der Waals surface area (Å²) in [5, 5.41) is 0.763. The number of Topliss-reactive ketones (excluding diaryl/α,β-unsaturated/α-hetero) is 1. The van der Waals surface area contributed by atoms with Crippen molar-refractivity contribution in [2.24, 2.45) is 0 Å². The van der Waals surface area contributed by atoms with E-state index in [1.807, 2.05) is 12.1 Å². The Kier molecular flexibility index (Phi) is 5.96. The van der Waals surface area contributed by atoms with Crippen LogP contribution in [0.3, 0.4) is 0 Å². The van der Waals surface area contributed by atoms with Crippen LogP contribution in [0.4, 0.5) is 0 Å². The molecule has 7 nitrogen and oxygen atoms in total. The van der Waals surface area contributed by atoms with Gasteiger partial charge in [-0.2, -0.15) is 0 Å². The average molecular weight is 384 g/mol. The number of hydrogen-bond acceptors (Lipinski definition) is 7. The lowest BCUT2D eigenvalue weighted by Crippen LogP contribution is -2.15. The van der Waals surface area contributed by atoms with Crippen molar-refractivity contribution in [3.8, 4) is 11.5 Å². The van der Waals surface area contributed by atoms with Gasteiger partial charge >= 0.3 is 5.97 Å². The summed E-state index contributed by atoms with van der Waals surface area (Å²) < 4.78 is 26.3. The minimum absolute atomic E-state index is 0.0255. The smallest absolute Gasteiger partial charge is 0.375 e. The summed E-state index contributed by atoms with van der Waals surface area (Å²) in [6.45, 7) is -0.271. The molecule has 3 aromatic rings. The zero-order valence-corrected chi connectivity index (χ0v) is 15.8. The molecule has 2 aromatic carbocycles. The van der Waals surface area contributed by atoms with Crippen LogP contribution in [-0.2, 0) is 16.1 Å². The van der Waals surface area contributed by atoms with E-state index in [0.29, 0.717) is 22.6 Å². The quantitative estimate of drug-likeness (QED) is 0.433. The van der Waals surface area contributed by atoms with E-state index in [0.717, 1.165) is 5.39 Å². The van der Waals surface area contributed by atoms with Crippen LogP contribution in [0.1, 0.15) is 26.5 Å². The first kappa shape index (κ1) is 19.4. The van der Waals surface area contributed by atoms with Crippen LogP contribution >= 0.6 is 0 Å². The SMILES string of the molecule is COCc1c(C(=O)OCC(=O)c2ccc(OC)cc2OC)oc2ccccc12. The van der Waals surface area contributed by atoms with E-state index in [1.165, 1.54) is 21.3 Å². The zero-order chi connectivity index (χ0) is 20.1.